The first-order valence-electron chi connectivity index (χ1n) is 8.01. The minimum atomic E-state index is -0.530. The van der Waals surface area contributed by atoms with Gasteiger partial charge in [-0.3, -0.25) is 9.59 Å². The lowest BCUT2D eigenvalue weighted by molar-refractivity contribution is -0.122. The summed E-state index contributed by atoms with van der Waals surface area (Å²) >= 11 is 1.19. The molecular weight excluding hydrogens is 352 g/mol. The van der Waals surface area contributed by atoms with Crippen LogP contribution in [-0.4, -0.2) is 28.4 Å². The number of amides is 2. The van der Waals surface area contributed by atoms with Crippen LogP contribution in [0.25, 0.3) is 0 Å². The quantitative estimate of drug-likeness (QED) is 0.625. The third-order valence-electron chi connectivity index (χ3n) is 3.90. The lowest BCUT2D eigenvalue weighted by Crippen LogP contribution is -2.28. The standard InChI is InChI=1S/C18H18N4O3S/c1-11-5-3-7-14(12(11)2)20-16(23)9-15-17(24)21-18(26-15)22-19-10-13-6-4-8-25-13/h3-8,10,15H,9H2,1-2H3,(H,20,23)(H,21,22,24)/b19-10+. The van der Waals surface area contributed by atoms with Crippen molar-refractivity contribution in [3.8, 4) is 0 Å². The summed E-state index contributed by atoms with van der Waals surface area (Å²) in [5.74, 6) is 0.0953. The predicted octanol–water partition coefficient (Wildman–Crippen LogP) is 2.85. The van der Waals surface area contributed by atoms with E-state index in [-0.39, 0.29) is 18.2 Å². The maximum Gasteiger partial charge on any atom is 0.240 e. The second kappa shape index (κ2) is 8.01. The SMILES string of the molecule is Cc1cccc(NC(=O)CC2S/C(=N\N=C\c3ccco3)NC2=O)c1C. The van der Waals surface area contributed by atoms with Crippen LogP contribution in [0.3, 0.4) is 0 Å². The smallest absolute Gasteiger partial charge is 0.240 e. The number of anilines is 1. The molecule has 1 aliphatic heterocycles. The molecule has 0 radical (unpaired) electrons. The summed E-state index contributed by atoms with van der Waals surface area (Å²) in [6, 6.07) is 9.20. The van der Waals surface area contributed by atoms with E-state index < -0.39 is 5.25 Å². The van der Waals surface area contributed by atoms with E-state index in [0.717, 1.165) is 16.8 Å². The Balaban J connectivity index is 1.57. The first-order chi connectivity index (χ1) is 12.5. The first kappa shape index (κ1) is 17.9. The van der Waals surface area contributed by atoms with Crippen LogP contribution < -0.4 is 10.6 Å². The maximum atomic E-state index is 12.3. The van der Waals surface area contributed by atoms with Crippen molar-refractivity contribution in [2.24, 2.45) is 10.2 Å². The van der Waals surface area contributed by atoms with Crippen LogP contribution in [0.5, 0.6) is 0 Å². The number of amidine groups is 1. The fourth-order valence-corrected chi connectivity index (χ4v) is 3.27. The van der Waals surface area contributed by atoms with Gasteiger partial charge < -0.3 is 15.1 Å². The number of carbonyl (C=O) groups excluding carboxylic acids is 2. The Labute approximate surface area is 155 Å². The molecule has 2 amide bonds. The van der Waals surface area contributed by atoms with Crippen molar-refractivity contribution >= 4 is 40.6 Å². The lowest BCUT2D eigenvalue weighted by atomic mass is 10.1. The van der Waals surface area contributed by atoms with E-state index in [1.54, 1.807) is 12.1 Å². The Morgan fingerprint density at radius 1 is 1.35 bits per heavy atom. The summed E-state index contributed by atoms with van der Waals surface area (Å²) in [6.07, 6.45) is 3.04. The van der Waals surface area contributed by atoms with E-state index in [1.807, 2.05) is 32.0 Å². The molecule has 2 N–H and O–H groups in total. The van der Waals surface area contributed by atoms with E-state index in [1.165, 1.54) is 24.2 Å². The molecule has 0 saturated carbocycles. The van der Waals surface area contributed by atoms with Crippen LogP contribution in [0, 0.1) is 13.8 Å². The number of furan rings is 1. The molecule has 26 heavy (non-hydrogen) atoms. The Hall–Kier alpha value is -2.87. The summed E-state index contributed by atoms with van der Waals surface area (Å²) in [7, 11) is 0. The second-order valence-corrected chi connectivity index (χ2v) is 6.95. The van der Waals surface area contributed by atoms with E-state index in [4.69, 9.17) is 4.42 Å². The first-order valence-corrected chi connectivity index (χ1v) is 8.89. The Kier molecular flexibility index (Phi) is 5.52. The van der Waals surface area contributed by atoms with Crippen LogP contribution in [0.15, 0.2) is 51.2 Å². The number of rotatable bonds is 5. The molecule has 1 unspecified atom stereocenters. The third kappa shape index (κ3) is 4.40. The molecule has 1 aliphatic rings. The molecule has 2 heterocycles. The van der Waals surface area contributed by atoms with Crippen LogP contribution in [0.1, 0.15) is 23.3 Å². The predicted molar refractivity (Wildman–Crippen MR) is 102 cm³/mol. The Bertz CT molecular complexity index is 875. The molecule has 1 aromatic heterocycles. The largest absolute Gasteiger partial charge is 0.463 e. The van der Waals surface area contributed by atoms with E-state index >= 15 is 0 Å². The molecular formula is C18H18N4O3S. The Morgan fingerprint density at radius 2 is 2.19 bits per heavy atom. The zero-order valence-electron chi connectivity index (χ0n) is 14.4. The number of benzene rings is 1. The summed E-state index contributed by atoms with van der Waals surface area (Å²) in [5.41, 5.74) is 2.87. The molecule has 1 aromatic carbocycles. The summed E-state index contributed by atoms with van der Waals surface area (Å²) in [6.45, 7) is 3.93. The fourth-order valence-electron chi connectivity index (χ4n) is 2.35. The van der Waals surface area contributed by atoms with Crippen molar-refractivity contribution in [2.45, 2.75) is 25.5 Å². The van der Waals surface area contributed by atoms with Gasteiger partial charge in [-0.25, -0.2) is 0 Å². The summed E-state index contributed by atoms with van der Waals surface area (Å²) < 4.78 is 5.10. The number of thioether (sulfide) groups is 1. The van der Waals surface area contributed by atoms with Gasteiger partial charge in [0.15, 0.2) is 5.17 Å². The Morgan fingerprint density at radius 3 is 2.96 bits per heavy atom. The number of nitrogens with one attached hydrogen (secondary N) is 2. The van der Waals surface area contributed by atoms with Gasteiger partial charge in [0.1, 0.15) is 11.0 Å². The van der Waals surface area contributed by atoms with Crippen LogP contribution in [0.4, 0.5) is 5.69 Å². The van der Waals surface area contributed by atoms with Crippen molar-refractivity contribution in [3.63, 3.8) is 0 Å². The van der Waals surface area contributed by atoms with Gasteiger partial charge in [-0.1, -0.05) is 23.9 Å². The van der Waals surface area contributed by atoms with Crippen molar-refractivity contribution < 1.29 is 14.0 Å². The zero-order valence-corrected chi connectivity index (χ0v) is 15.2. The number of hydrogen-bond acceptors (Lipinski definition) is 6. The van der Waals surface area contributed by atoms with Crippen LogP contribution >= 0.6 is 11.8 Å². The molecule has 2 aromatic rings. The van der Waals surface area contributed by atoms with Crippen molar-refractivity contribution in [3.05, 3.63) is 53.5 Å². The zero-order chi connectivity index (χ0) is 18.5. The van der Waals surface area contributed by atoms with E-state index in [0.29, 0.717) is 10.9 Å². The van der Waals surface area contributed by atoms with Gasteiger partial charge in [-0.2, -0.15) is 5.10 Å². The molecule has 7 nitrogen and oxygen atoms in total. The number of nitrogens with zero attached hydrogens (tertiary/aromatic N) is 2. The number of aryl methyl sites for hydroxylation is 1. The molecule has 1 saturated heterocycles. The molecule has 134 valence electrons. The monoisotopic (exact) mass is 370 g/mol. The van der Waals surface area contributed by atoms with Crippen molar-refractivity contribution in [1.82, 2.24) is 5.32 Å². The minimum absolute atomic E-state index is 0.0603. The van der Waals surface area contributed by atoms with Gasteiger partial charge in [0.25, 0.3) is 0 Å². The molecule has 1 fully saturated rings. The van der Waals surface area contributed by atoms with E-state index in [2.05, 4.69) is 20.8 Å². The van der Waals surface area contributed by atoms with Gasteiger partial charge in [0.2, 0.25) is 11.8 Å². The second-order valence-electron chi connectivity index (χ2n) is 5.76. The average molecular weight is 370 g/mol. The number of carbonyl (C=O) groups is 2. The van der Waals surface area contributed by atoms with Crippen molar-refractivity contribution in [2.75, 3.05) is 5.32 Å². The highest BCUT2D eigenvalue weighted by atomic mass is 32.2. The highest BCUT2D eigenvalue weighted by Crippen LogP contribution is 2.24. The molecule has 1 atom stereocenters. The molecule has 0 spiro atoms. The lowest BCUT2D eigenvalue weighted by Gasteiger charge is -2.11. The van der Waals surface area contributed by atoms with Gasteiger partial charge in [0, 0.05) is 12.1 Å². The fraction of sp³-hybridized carbons (Fsp3) is 0.222. The summed E-state index contributed by atoms with van der Waals surface area (Å²) in [4.78, 5) is 24.3. The van der Waals surface area contributed by atoms with Crippen molar-refractivity contribution in [1.29, 1.82) is 0 Å². The van der Waals surface area contributed by atoms with Gasteiger partial charge in [0.05, 0.1) is 12.5 Å². The third-order valence-corrected chi connectivity index (χ3v) is 4.97. The van der Waals surface area contributed by atoms with E-state index in [9.17, 15) is 9.59 Å². The topological polar surface area (TPSA) is 96.1 Å². The van der Waals surface area contributed by atoms with Gasteiger partial charge in [-0.15, -0.1) is 5.10 Å². The maximum absolute atomic E-state index is 12.3. The average Bonchev–Trinajstić information content (AvgIpc) is 3.22. The normalized spacial score (nSPS) is 18.5. The molecule has 0 bridgehead atoms. The number of hydrogen-bond donors (Lipinski definition) is 2. The van der Waals surface area contributed by atoms with Gasteiger partial charge in [-0.05, 0) is 43.2 Å². The summed E-state index contributed by atoms with van der Waals surface area (Å²) in [5, 5.41) is 13.1. The molecule has 3 rings (SSSR count). The van der Waals surface area contributed by atoms with Crippen LogP contribution in [-0.2, 0) is 9.59 Å². The van der Waals surface area contributed by atoms with Crippen LogP contribution in [0.2, 0.25) is 0 Å². The minimum Gasteiger partial charge on any atom is -0.463 e. The highest BCUT2D eigenvalue weighted by Gasteiger charge is 2.32. The molecule has 0 aliphatic carbocycles. The van der Waals surface area contributed by atoms with Gasteiger partial charge >= 0.3 is 0 Å². The highest BCUT2D eigenvalue weighted by molar-refractivity contribution is 8.15. The molecule has 8 heteroatoms.